The number of hydrogen-bond donors (Lipinski definition) is 0. The highest BCUT2D eigenvalue weighted by atomic mass is 16.5. The van der Waals surface area contributed by atoms with Crippen molar-refractivity contribution in [3.8, 4) is 28.0 Å². The van der Waals surface area contributed by atoms with Gasteiger partial charge in [-0.25, -0.2) is 4.85 Å². The molecular weight excluding hydrogens is 781 g/mol. The summed E-state index contributed by atoms with van der Waals surface area (Å²) in [6, 6.07) is 62.4. The number of rotatable bonds is 7. The van der Waals surface area contributed by atoms with Gasteiger partial charge >= 0.3 is 0 Å². The van der Waals surface area contributed by atoms with E-state index < -0.39 is 11.0 Å². The van der Waals surface area contributed by atoms with Crippen molar-refractivity contribution in [3.63, 3.8) is 0 Å². The van der Waals surface area contributed by atoms with Crippen molar-refractivity contribution in [2.75, 3.05) is 31.2 Å². The van der Waals surface area contributed by atoms with Crippen LogP contribution in [-0.2, 0) is 21.2 Å². The third-order valence-corrected chi connectivity index (χ3v) is 15.1. The van der Waals surface area contributed by atoms with Crippen molar-refractivity contribution in [1.82, 2.24) is 0 Å². The first-order valence-corrected chi connectivity index (χ1v) is 22.8. The number of anilines is 1. The van der Waals surface area contributed by atoms with E-state index in [1.807, 2.05) is 6.07 Å². The fourth-order valence-electron chi connectivity index (χ4n) is 12.1. The molecule has 64 heavy (non-hydrogen) atoms. The summed E-state index contributed by atoms with van der Waals surface area (Å²) in [5.41, 5.74) is 15.9. The zero-order chi connectivity index (χ0) is 43.0. The molecule has 0 bridgehead atoms. The number of ether oxygens (including phenoxy) is 2. The van der Waals surface area contributed by atoms with Crippen molar-refractivity contribution in [1.29, 1.82) is 0 Å². The smallest absolute Gasteiger partial charge is 0.187 e. The lowest BCUT2D eigenvalue weighted by Crippen LogP contribution is -2.37. The highest BCUT2D eigenvalue weighted by Gasteiger charge is 2.50. The summed E-state index contributed by atoms with van der Waals surface area (Å²) in [5.74, 6) is 0.903. The third kappa shape index (κ3) is 5.25. The molecule has 1 atom stereocenters. The Balaban J connectivity index is 1.13. The van der Waals surface area contributed by atoms with Crippen LogP contribution in [0.1, 0.15) is 76.8 Å². The van der Waals surface area contributed by atoms with E-state index >= 15 is 0 Å². The van der Waals surface area contributed by atoms with Gasteiger partial charge in [0.05, 0.1) is 25.2 Å². The van der Waals surface area contributed by atoms with E-state index in [9.17, 15) is 0 Å². The average molecular weight is 829 g/mol. The van der Waals surface area contributed by atoms with E-state index in [4.69, 9.17) is 16.0 Å². The number of hydrogen-bond acceptors (Lipinski definition) is 3. The molecule has 0 aromatic heterocycles. The Kier molecular flexibility index (Phi) is 8.84. The summed E-state index contributed by atoms with van der Waals surface area (Å²) in [5, 5.41) is 2.27. The molecule has 1 fully saturated rings. The second kappa shape index (κ2) is 14.7. The van der Waals surface area contributed by atoms with Crippen LogP contribution in [0, 0.1) is 6.57 Å². The minimum atomic E-state index is -0.986. The van der Waals surface area contributed by atoms with Crippen LogP contribution in [0.3, 0.4) is 0 Å². The Morgan fingerprint density at radius 3 is 1.91 bits per heavy atom. The van der Waals surface area contributed by atoms with Crippen LogP contribution in [0.25, 0.3) is 43.9 Å². The molecule has 0 spiro atoms. The summed E-state index contributed by atoms with van der Waals surface area (Å²) < 4.78 is 13.7. The summed E-state index contributed by atoms with van der Waals surface area (Å²) in [4.78, 5) is 6.32. The maximum atomic E-state index is 7.99. The molecule has 1 saturated heterocycles. The Bertz CT molecular complexity index is 3170. The number of fused-ring (bicyclic) bond motifs is 11. The minimum Gasteiger partial charge on any atom is -0.472 e. The van der Waals surface area contributed by atoms with E-state index in [1.165, 1.54) is 66.7 Å². The Labute approximate surface area is 375 Å². The molecule has 4 nitrogen and oxygen atoms in total. The molecule has 0 amide bonds. The van der Waals surface area contributed by atoms with Crippen LogP contribution >= 0.6 is 0 Å². The first-order valence-electron chi connectivity index (χ1n) is 22.8. The van der Waals surface area contributed by atoms with E-state index in [1.54, 1.807) is 0 Å². The van der Waals surface area contributed by atoms with Crippen LogP contribution in [-0.4, -0.2) is 26.3 Å². The van der Waals surface area contributed by atoms with Gasteiger partial charge in [-0.15, -0.1) is 0 Å². The van der Waals surface area contributed by atoms with Crippen molar-refractivity contribution >= 4 is 28.2 Å². The molecule has 0 saturated carbocycles. The van der Waals surface area contributed by atoms with Crippen LogP contribution < -0.4 is 9.64 Å². The summed E-state index contributed by atoms with van der Waals surface area (Å²) in [7, 11) is 0. The van der Waals surface area contributed by atoms with Gasteiger partial charge in [0.15, 0.2) is 11.3 Å². The van der Waals surface area contributed by atoms with Gasteiger partial charge < -0.3 is 14.4 Å². The predicted octanol–water partition coefficient (Wildman–Crippen LogP) is 14.0. The molecule has 8 aromatic carbocycles. The maximum absolute atomic E-state index is 7.99. The molecule has 310 valence electrons. The van der Waals surface area contributed by atoms with Crippen LogP contribution in [0.4, 0.5) is 11.4 Å². The molecule has 2 aliphatic heterocycles. The summed E-state index contributed by atoms with van der Waals surface area (Å²) >= 11 is 0. The Morgan fingerprint density at radius 2 is 1.20 bits per heavy atom. The number of morpholine rings is 1. The monoisotopic (exact) mass is 828 g/mol. The molecule has 0 N–H and O–H groups in total. The highest BCUT2D eigenvalue weighted by Crippen LogP contribution is 2.62. The second-order valence-electron chi connectivity index (χ2n) is 17.8. The number of nitrogens with zero attached hydrogens (tertiary/aromatic N) is 2. The van der Waals surface area contributed by atoms with Crippen molar-refractivity contribution < 1.29 is 9.47 Å². The Morgan fingerprint density at radius 1 is 0.578 bits per heavy atom. The lowest BCUT2D eigenvalue weighted by Gasteiger charge is -2.40. The maximum Gasteiger partial charge on any atom is 0.187 e. The summed E-state index contributed by atoms with van der Waals surface area (Å²) in [6.45, 7) is 15.8. The van der Waals surface area contributed by atoms with Gasteiger partial charge in [-0.3, -0.25) is 0 Å². The van der Waals surface area contributed by atoms with E-state index in [0.29, 0.717) is 5.69 Å². The average Bonchev–Trinajstić information content (AvgIpc) is 3.84. The largest absolute Gasteiger partial charge is 0.472 e. The van der Waals surface area contributed by atoms with Gasteiger partial charge in [-0.1, -0.05) is 172 Å². The normalized spacial score (nSPS) is 18.3. The summed E-state index contributed by atoms with van der Waals surface area (Å²) in [6.07, 6.45) is 6.54. The van der Waals surface area contributed by atoms with Crippen molar-refractivity contribution in [2.45, 2.75) is 43.1 Å². The molecule has 8 aromatic rings. The first kappa shape index (κ1) is 38.5. The van der Waals surface area contributed by atoms with Crippen LogP contribution in [0.2, 0.25) is 0 Å². The van der Waals surface area contributed by atoms with Crippen molar-refractivity contribution in [2.24, 2.45) is 0 Å². The quantitative estimate of drug-likeness (QED) is 0.150. The third-order valence-electron chi connectivity index (χ3n) is 15.1. The molecule has 2 aliphatic carbocycles. The molecule has 0 radical (unpaired) electrons. The fraction of sp³-hybridized carbons (Fsp3) is 0.183. The number of benzene rings is 8. The molecule has 4 heteroatoms. The first-order chi connectivity index (χ1) is 31.6. The predicted molar refractivity (Wildman–Crippen MR) is 261 cm³/mol. The van der Waals surface area contributed by atoms with E-state index in [-0.39, 0.29) is 5.41 Å². The minimum absolute atomic E-state index is 0.280. The molecule has 4 aliphatic rings. The highest BCUT2D eigenvalue weighted by molar-refractivity contribution is 6.09. The zero-order valence-corrected chi connectivity index (χ0v) is 36.3. The molecular formula is C60H48N2O2. The van der Waals surface area contributed by atoms with E-state index in [2.05, 4.69) is 200 Å². The molecule has 2 heterocycles. The Hall–Kier alpha value is -7.19. The second-order valence-corrected chi connectivity index (χ2v) is 17.8. The SMILES string of the molecule is [C-]#[N+]c1ccc2c(c1)C(CC)(CC)c1c3c(c4ccccc4c1-2)OC(c1ccc(N2CCOCC2)cc1)(c1ccc2c(c1)C(c1ccccc1)(c1ccccc1)c1ccccc1-2)C=C3. The zero-order valence-electron chi connectivity index (χ0n) is 36.3. The lowest BCUT2D eigenvalue weighted by molar-refractivity contribution is 0.122. The van der Waals surface area contributed by atoms with Gasteiger partial charge in [0.1, 0.15) is 5.75 Å². The van der Waals surface area contributed by atoms with Gasteiger partial charge in [0, 0.05) is 46.3 Å². The van der Waals surface area contributed by atoms with Gasteiger partial charge in [0.25, 0.3) is 0 Å². The van der Waals surface area contributed by atoms with Gasteiger partial charge in [-0.05, 0) is 98.1 Å². The van der Waals surface area contributed by atoms with Crippen molar-refractivity contribution in [3.05, 3.63) is 237 Å². The standard InChI is InChI=1S/C60H48N2O2/c1-4-58(5-2)53-39-44(61-3)27-31-50(53)55-48-21-12-13-22-49(48)57-51(56(55)58)32-33-59(64-57,40-24-28-45(29-25-40)62-34-36-63-37-35-62)43-26-30-47-46-20-14-15-23-52(46)60(54(47)38-43,41-16-8-6-9-17-41)42-18-10-7-11-19-42/h6-33,38-39H,4-5,34-37H2,1-2H3. The fourth-order valence-corrected chi connectivity index (χ4v) is 12.1. The van der Waals surface area contributed by atoms with Gasteiger partial charge in [-0.2, -0.15) is 0 Å². The molecule has 1 unspecified atom stereocenters. The van der Waals surface area contributed by atoms with Gasteiger partial charge in [0.2, 0.25) is 0 Å². The molecule has 12 rings (SSSR count). The lowest BCUT2D eigenvalue weighted by atomic mass is 9.67. The van der Waals surface area contributed by atoms with Crippen LogP contribution in [0.5, 0.6) is 5.75 Å². The van der Waals surface area contributed by atoms with E-state index in [0.717, 1.165) is 67.0 Å². The van der Waals surface area contributed by atoms with Crippen LogP contribution in [0.15, 0.2) is 176 Å². The topological polar surface area (TPSA) is 26.1 Å².